The number of rotatable bonds is 3. The van der Waals surface area contributed by atoms with E-state index in [9.17, 15) is 8.78 Å². The number of hydrogen-bond acceptors (Lipinski definition) is 2. The van der Waals surface area contributed by atoms with Crippen LogP contribution in [0, 0.1) is 11.6 Å². The molecule has 0 aromatic heterocycles. The standard InChI is InChI=1S/C9H11F2NO.ClH/c10-7-2-1-6(5-8(7)11)9(12)3-4-13;/h1-2,5,9,13H,3-4,12H2;1H/t9-;/m0./s1. The molecule has 2 nitrogen and oxygen atoms in total. The Labute approximate surface area is 87.1 Å². The molecule has 0 spiro atoms. The molecule has 0 saturated carbocycles. The van der Waals surface area contributed by atoms with Gasteiger partial charge in [-0.2, -0.15) is 0 Å². The van der Waals surface area contributed by atoms with E-state index in [0.717, 1.165) is 12.1 Å². The van der Waals surface area contributed by atoms with E-state index in [-0.39, 0.29) is 19.0 Å². The molecule has 1 atom stereocenters. The second-order valence-corrected chi connectivity index (χ2v) is 2.79. The number of aliphatic hydroxyl groups excluding tert-OH is 1. The second-order valence-electron chi connectivity index (χ2n) is 2.79. The Morgan fingerprint density at radius 2 is 1.93 bits per heavy atom. The number of halogens is 3. The topological polar surface area (TPSA) is 46.2 Å². The first kappa shape index (κ1) is 13.3. The molecule has 0 bridgehead atoms. The van der Waals surface area contributed by atoms with E-state index in [1.54, 1.807) is 0 Å². The van der Waals surface area contributed by atoms with Crippen molar-refractivity contribution in [3.8, 4) is 0 Å². The Morgan fingerprint density at radius 3 is 2.43 bits per heavy atom. The van der Waals surface area contributed by atoms with E-state index in [1.807, 2.05) is 0 Å². The molecule has 5 heteroatoms. The predicted octanol–water partition coefficient (Wildman–Crippen LogP) is 1.77. The van der Waals surface area contributed by atoms with Crippen molar-refractivity contribution in [2.45, 2.75) is 12.5 Å². The maximum absolute atomic E-state index is 12.7. The summed E-state index contributed by atoms with van der Waals surface area (Å²) < 4.78 is 25.2. The van der Waals surface area contributed by atoms with Crippen LogP contribution in [0.25, 0.3) is 0 Å². The van der Waals surface area contributed by atoms with Gasteiger partial charge in [0.05, 0.1) is 0 Å². The van der Waals surface area contributed by atoms with Crippen LogP contribution < -0.4 is 5.73 Å². The maximum atomic E-state index is 12.7. The van der Waals surface area contributed by atoms with Gasteiger partial charge in [-0.1, -0.05) is 6.07 Å². The van der Waals surface area contributed by atoms with E-state index in [0.29, 0.717) is 12.0 Å². The molecule has 0 aliphatic heterocycles. The van der Waals surface area contributed by atoms with Gasteiger partial charge in [0, 0.05) is 12.6 Å². The van der Waals surface area contributed by atoms with Crippen molar-refractivity contribution in [3.63, 3.8) is 0 Å². The summed E-state index contributed by atoms with van der Waals surface area (Å²) in [6.45, 7) is -0.0693. The van der Waals surface area contributed by atoms with Gasteiger partial charge in [-0.3, -0.25) is 0 Å². The van der Waals surface area contributed by atoms with Crippen LogP contribution in [0.4, 0.5) is 8.78 Å². The maximum Gasteiger partial charge on any atom is 0.159 e. The third-order valence-corrected chi connectivity index (χ3v) is 1.81. The normalized spacial score (nSPS) is 12.0. The van der Waals surface area contributed by atoms with Crippen LogP contribution in [0.3, 0.4) is 0 Å². The monoisotopic (exact) mass is 223 g/mol. The molecular weight excluding hydrogens is 212 g/mol. The van der Waals surface area contributed by atoms with E-state index < -0.39 is 17.7 Å². The van der Waals surface area contributed by atoms with Crippen molar-refractivity contribution in [2.75, 3.05) is 6.61 Å². The molecule has 0 fully saturated rings. The van der Waals surface area contributed by atoms with Crippen molar-refractivity contribution >= 4 is 12.4 Å². The van der Waals surface area contributed by atoms with Crippen molar-refractivity contribution in [3.05, 3.63) is 35.4 Å². The SMILES string of the molecule is Cl.N[C@@H](CCO)c1ccc(F)c(F)c1. The summed E-state index contributed by atoms with van der Waals surface area (Å²) in [6, 6.07) is 3.05. The second kappa shape index (κ2) is 5.90. The first-order valence-electron chi connectivity index (χ1n) is 3.96. The molecule has 1 aromatic carbocycles. The van der Waals surface area contributed by atoms with Gasteiger partial charge in [-0.05, 0) is 24.1 Å². The summed E-state index contributed by atoms with van der Waals surface area (Å²) in [6.07, 6.45) is 0.338. The van der Waals surface area contributed by atoms with Crippen molar-refractivity contribution in [1.82, 2.24) is 0 Å². The van der Waals surface area contributed by atoms with Gasteiger partial charge < -0.3 is 10.8 Å². The molecule has 0 unspecified atom stereocenters. The van der Waals surface area contributed by atoms with Crippen LogP contribution in [-0.4, -0.2) is 11.7 Å². The first-order valence-corrected chi connectivity index (χ1v) is 3.96. The van der Waals surface area contributed by atoms with Crippen LogP contribution in [-0.2, 0) is 0 Å². The van der Waals surface area contributed by atoms with Crippen LogP contribution >= 0.6 is 12.4 Å². The highest BCUT2D eigenvalue weighted by molar-refractivity contribution is 5.85. The lowest BCUT2D eigenvalue weighted by atomic mass is 10.1. The largest absolute Gasteiger partial charge is 0.396 e. The predicted molar refractivity (Wildman–Crippen MR) is 52.2 cm³/mol. The van der Waals surface area contributed by atoms with Crippen molar-refractivity contribution < 1.29 is 13.9 Å². The first-order chi connectivity index (χ1) is 6.15. The van der Waals surface area contributed by atoms with E-state index in [4.69, 9.17) is 10.8 Å². The molecular formula is C9H12ClF2NO. The molecule has 3 N–H and O–H groups in total. The van der Waals surface area contributed by atoms with Gasteiger partial charge in [0.2, 0.25) is 0 Å². The number of nitrogens with two attached hydrogens (primary N) is 1. The van der Waals surface area contributed by atoms with Gasteiger partial charge in [-0.25, -0.2) is 8.78 Å². The zero-order chi connectivity index (χ0) is 9.84. The molecule has 0 heterocycles. The lowest BCUT2D eigenvalue weighted by Crippen LogP contribution is -2.12. The lowest BCUT2D eigenvalue weighted by Gasteiger charge is -2.09. The molecule has 80 valence electrons. The summed E-state index contributed by atoms with van der Waals surface area (Å²) in [7, 11) is 0. The summed E-state index contributed by atoms with van der Waals surface area (Å²) in [4.78, 5) is 0. The number of aliphatic hydroxyl groups is 1. The van der Waals surface area contributed by atoms with Crippen LogP contribution in [0.2, 0.25) is 0 Å². The highest BCUT2D eigenvalue weighted by atomic mass is 35.5. The molecule has 0 amide bonds. The van der Waals surface area contributed by atoms with Gasteiger partial charge in [0.1, 0.15) is 0 Å². The van der Waals surface area contributed by atoms with Crippen LogP contribution in [0.15, 0.2) is 18.2 Å². The fraction of sp³-hybridized carbons (Fsp3) is 0.333. The fourth-order valence-corrected chi connectivity index (χ4v) is 1.05. The zero-order valence-electron chi connectivity index (χ0n) is 7.41. The van der Waals surface area contributed by atoms with Gasteiger partial charge >= 0.3 is 0 Å². The Morgan fingerprint density at radius 1 is 1.29 bits per heavy atom. The molecule has 0 aliphatic rings. The van der Waals surface area contributed by atoms with Crippen LogP contribution in [0.5, 0.6) is 0 Å². The zero-order valence-corrected chi connectivity index (χ0v) is 8.23. The van der Waals surface area contributed by atoms with Crippen molar-refractivity contribution in [1.29, 1.82) is 0 Å². The molecule has 0 radical (unpaired) electrons. The van der Waals surface area contributed by atoms with Gasteiger partial charge in [0.15, 0.2) is 11.6 Å². The molecule has 1 aromatic rings. The Hall–Kier alpha value is -0.710. The number of benzene rings is 1. The Kier molecular flexibility index (Phi) is 5.60. The van der Waals surface area contributed by atoms with Gasteiger partial charge in [-0.15, -0.1) is 12.4 Å². The smallest absolute Gasteiger partial charge is 0.159 e. The molecule has 0 aliphatic carbocycles. The highest BCUT2D eigenvalue weighted by Gasteiger charge is 2.08. The van der Waals surface area contributed by atoms with E-state index >= 15 is 0 Å². The third-order valence-electron chi connectivity index (χ3n) is 1.81. The van der Waals surface area contributed by atoms with E-state index in [1.165, 1.54) is 6.07 Å². The Bertz CT molecular complexity index is 296. The molecule has 0 saturated heterocycles. The minimum Gasteiger partial charge on any atom is -0.396 e. The average Bonchev–Trinajstić information content (AvgIpc) is 2.10. The minimum atomic E-state index is -0.911. The average molecular weight is 224 g/mol. The highest BCUT2D eigenvalue weighted by Crippen LogP contribution is 2.16. The lowest BCUT2D eigenvalue weighted by molar-refractivity contribution is 0.276. The van der Waals surface area contributed by atoms with Crippen LogP contribution in [0.1, 0.15) is 18.0 Å². The van der Waals surface area contributed by atoms with Crippen molar-refractivity contribution in [2.24, 2.45) is 5.73 Å². The van der Waals surface area contributed by atoms with E-state index in [2.05, 4.69) is 0 Å². The molecule has 1 rings (SSSR count). The summed E-state index contributed by atoms with van der Waals surface area (Å²) >= 11 is 0. The fourth-order valence-electron chi connectivity index (χ4n) is 1.05. The van der Waals surface area contributed by atoms with Gasteiger partial charge in [0.25, 0.3) is 0 Å². The quantitative estimate of drug-likeness (QED) is 0.821. The summed E-state index contributed by atoms with van der Waals surface area (Å²) in [5, 5.41) is 8.57. The molecule has 14 heavy (non-hydrogen) atoms. The summed E-state index contributed by atoms with van der Waals surface area (Å²) in [5.74, 6) is -1.80. The minimum absolute atomic E-state index is 0. The number of hydrogen-bond donors (Lipinski definition) is 2. The third kappa shape index (κ3) is 3.21. The Balaban J connectivity index is 0.00000169. The summed E-state index contributed by atoms with van der Waals surface area (Å²) in [5.41, 5.74) is 6.07.